The second kappa shape index (κ2) is 4.40. The highest BCUT2D eigenvalue weighted by atomic mass is 32.2. The van der Waals surface area contributed by atoms with Crippen molar-refractivity contribution in [2.24, 2.45) is 0 Å². The molecule has 0 saturated carbocycles. The molecule has 0 saturated heterocycles. The number of allylic oxidation sites excluding steroid dienone is 1. The lowest BCUT2D eigenvalue weighted by molar-refractivity contribution is -0.0500. The van der Waals surface area contributed by atoms with Crippen LogP contribution in [0.15, 0.2) is 30.8 Å². The SMILES string of the molecule is C=C(C)c1ccccc1OS(=O)(=O)C(F)(F)F. The first-order chi connectivity index (χ1) is 7.65. The third kappa shape index (κ3) is 3.00. The van der Waals surface area contributed by atoms with E-state index < -0.39 is 21.4 Å². The Bertz CT molecular complexity index is 532. The van der Waals surface area contributed by atoms with Crippen molar-refractivity contribution >= 4 is 15.7 Å². The van der Waals surface area contributed by atoms with Crippen LogP contribution in [0.4, 0.5) is 13.2 Å². The van der Waals surface area contributed by atoms with Gasteiger partial charge in [-0.2, -0.15) is 21.6 Å². The molecule has 7 heteroatoms. The molecule has 0 radical (unpaired) electrons. The molecular weight excluding hydrogens is 257 g/mol. The maximum atomic E-state index is 12.1. The van der Waals surface area contributed by atoms with Crippen molar-refractivity contribution in [1.29, 1.82) is 0 Å². The molecule has 0 aliphatic rings. The third-order valence-electron chi connectivity index (χ3n) is 1.83. The zero-order chi connectivity index (χ0) is 13.3. The Balaban J connectivity index is 3.18. The van der Waals surface area contributed by atoms with E-state index in [-0.39, 0.29) is 5.56 Å². The molecule has 17 heavy (non-hydrogen) atoms. The first kappa shape index (κ1) is 13.6. The van der Waals surface area contributed by atoms with Gasteiger partial charge in [0, 0.05) is 5.56 Å². The van der Waals surface area contributed by atoms with Gasteiger partial charge in [0.2, 0.25) is 0 Å². The Kier molecular flexibility index (Phi) is 3.51. The van der Waals surface area contributed by atoms with Gasteiger partial charge in [-0.1, -0.05) is 24.8 Å². The molecule has 3 nitrogen and oxygen atoms in total. The van der Waals surface area contributed by atoms with E-state index in [0.29, 0.717) is 5.57 Å². The van der Waals surface area contributed by atoms with Crippen molar-refractivity contribution in [3.63, 3.8) is 0 Å². The smallest absolute Gasteiger partial charge is 0.375 e. The number of hydrogen-bond donors (Lipinski definition) is 0. The molecule has 0 fully saturated rings. The van der Waals surface area contributed by atoms with E-state index in [1.165, 1.54) is 25.1 Å². The van der Waals surface area contributed by atoms with Crippen LogP contribution in [-0.2, 0) is 10.1 Å². The maximum absolute atomic E-state index is 12.1. The molecule has 0 spiro atoms. The second-order valence-corrected chi connectivity index (χ2v) is 4.80. The van der Waals surface area contributed by atoms with Crippen molar-refractivity contribution in [3.8, 4) is 5.75 Å². The van der Waals surface area contributed by atoms with Gasteiger partial charge in [0.25, 0.3) is 0 Å². The molecule has 0 aliphatic heterocycles. The Labute approximate surface area is 96.6 Å². The molecule has 0 unspecified atom stereocenters. The number of benzene rings is 1. The van der Waals surface area contributed by atoms with Gasteiger partial charge in [-0.25, -0.2) is 0 Å². The van der Waals surface area contributed by atoms with Crippen molar-refractivity contribution in [3.05, 3.63) is 36.4 Å². The number of halogens is 3. The first-order valence-electron chi connectivity index (χ1n) is 4.41. The van der Waals surface area contributed by atoms with E-state index in [1.807, 2.05) is 0 Å². The van der Waals surface area contributed by atoms with Crippen molar-refractivity contribution in [2.45, 2.75) is 12.4 Å². The highest BCUT2D eigenvalue weighted by molar-refractivity contribution is 7.88. The summed E-state index contributed by atoms with van der Waals surface area (Å²) >= 11 is 0. The number of hydrogen-bond acceptors (Lipinski definition) is 3. The van der Waals surface area contributed by atoms with Gasteiger partial charge in [-0.3, -0.25) is 0 Å². The topological polar surface area (TPSA) is 43.4 Å². The van der Waals surface area contributed by atoms with Crippen LogP contribution in [0.2, 0.25) is 0 Å². The molecule has 0 aromatic heterocycles. The maximum Gasteiger partial charge on any atom is 0.534 e. The van der Waals surface area contributed by atoms with E-state index in [2.05, 4.69) is 10.8 Å². The molecule has 1 rings (SSSR count). The predicted octanol–water partition coefficient (Wildman–Crippen LogP) is 2.95. The predicted molar refractivity (Wildman–Crippen MR) is 56.8 cm³/mol. The van der Waals surface area contributed by atoms with Gasteiger partial charge in [0.05, 0.1) is 0 Å². The summed E-state index contributed by atoms with van der Waals surface area (Å²) in [6.07, 6.45) is 0. The van der Waals surface area contributed by atoms with E-state index in [9.17, 15) is 21.6 Å². The zero-order valence-electron chi connectivity index (χ0n) is 8.78. The van der Waals surface area contributed by atoms with Gasteiger partial charge in [0.15, 0.2) is 0 Å². The minimum Gasteiger partial charge on any atom is -0.375 e. The highest BCUT2D eigenvalue weighted by Gasteiger charge is 2.48. The molecule has 0 bridgehead atoms. The molecule has 0 N–H and O–H groups in total. The van der Waals surface area contributed by atoms with E-state index in [4.69, 9.17) is 0 Å². The summed E-state index contributed by atoms with van der Waals surface area (Å²) in [5, 5.41) is 0. The lowest BCUT2D eigenvalue weighted by atomic mass is 10.1. The summed E-state index contributed by atoms with van der Waals surface area (Å²) in [4.78, 5) is 0. The third-order valence-corrected chi connectivity index (χ3v) is 2.80. The summed E-state index contributed by atoms with van der Waals surface area (Å²) in [6.45, 7) is 5.05. The van der Waals surface area contributed by atoms with Gasteiger partial charge >= 0.3 is 15.6 Å². The van der Waals surface area contributed by atoms with Crippen LogP contribution < -0.4 is 4.18 Å². The largest absolute Gasteiger partial charge is 0.534 e. The van der Waals surface area contributed by atoms with Crippen LogP contribution in [0.5, 0.6) is 5.75 Å². The van der Waals surface area contributed by atoms with Crippen LogP contribution >= 0.6 is 0 Å². The summed E-state index contributed by atoms with van der Waals surface area (Å²) in [6, 6.07) is 5.46. The summed E-state index contributed by atoms with van der Waals surface area (Å²) in [7, 11) is -5.65. The summed E-state index contributed by atoms with van der Waals surface area (Å²) in [5.74, 6) is -0.391. The number of rotatable bonds is 3. The van der Waals surface area contributed by atoms with E-state index in [0.717, 1.165) is 6.07 Å². The zero-order valence-corrected chi connectivity index (χ0v) is 9.60. The molecule has 0 atom stereocenters. The van der Waals surface area contributed by atoms with Crippen LogP contribution in [0.25, 0.3) is 5.57 Å². The van der Waals surface area contributed by atoms with Crippen molar-refractivity contribution in [1.82, 2.24) is 0 Å². The van der Waals surface area contributed by atoms with E-state index >= 15 is 0 Å². The van der Waals surface area contributed by atoms with Gasteiger partial charge in [0.1, 0.15) is 5.75 Å². The van der Waals surface area contributed by atoms with E-state index in [1.54, 1.807) is 0 Å². The molecule has 0 aliphatic carbocycles. The highest BCUT2D eigenvalue weighted by Crippen LogP contribution is 2.31. The molecule has 0 heterocycles. The summed E-state index contributed by atoms with van der Waals surface area (Å²) < 4.78 is 62.0. The molecule has 0 amide bonds. The average Bonchev–Trinajstić information content (AvgIpc) is 2.15. The quantitative estimate of drug-likeness (QED) is 0.624. The lowest BCUT2D eigenvalue weighted by Gasteiger charge is -2.12. The van der Waals surface area contributed by atoms with Crippen LogP contribution in [0.1, 0.15) is 12.5 Å². The lowest BCUT2D eigenvalue weighted by Crippen LogP contribution is -2.28. The van der Waals surface area contributed by atoms with Crippen molar-refractivity contribution < 1.29 is 25.8 Å². The average molecular weight is 266 g/mol. The first-order valence-corrected chi connectivity index (χ1v) is 5.81. The number of para-hydroxylation sites is 1. The minimum absolute atomic E-state index is 0.209. The Morgan fingerprint density at radius 2 is 1.82 bits per heavy atom. The Hall–Kier alpha value is -1.50. The Morgan fingerprint density at radius 1 is 1.29 bits per heavy atom. The fourth-order valence-corrected chi connectivity index (χ4v) is 1.53. The van der Waals surface area contributed by atoms with Gasteiger partial charge in [-0.05, 0) is 18.6 Å². The van der Waals surface area contributed by atoms with Crippen LogP contribution in [0.3, 0.4) is 0 Å². The summed E-state index contributed by atoms with van der Waals surface area (Å²) in [5.41, 5.74) is -4.84. The molecule has 1 aromatic rings. The second-order valence-electron chi connectivity index (χ2n) is 3.26. The van der Waals surface area contributed by atoms with Crippen LogP contribution in [0, 0.1) is 0 Å². The van der Waals surface area contributed by atoms with Gasteiger partial charge < -0.3 is 4.18 Å². The normalized spacial score (nSPS) is 12.2. The standard InChI is InChI=1S/C10H9F3O3S/c1-7(2)8-5-3-4-6-9(8)16-17(14,15)10(11,12)13/h3-6H,1H2,2H3. The van der Waals surface area contributed by atoms with Crippen molar-refractivity contribution in [2.75, 3.05) is 0 Å². The monoisotopic (exact) mass is 266 g/mol. The molecular formula is C10H9F3O3S. The molecule has 94 valence electrons. The van der Waals surface area contributed by atoms with Crippen LogP contribution in [-0.4, -0.2) is 13.9 Å². The minimum atomic E-state index is -5.65. The number of alkyl halides is 3. The van der Waals surface area contributed by atoms with Gasteiger partial charge in [-0.15, -0.1) is 0 Å². The Morgan fingerprint density at radius 3 is 2.29 bits per heavy atom. The molecule has 1 aromatic carbocycles. The fraction of sp³-hybridized carbons (Fsp3) is 0.200. The fourth-order valence-electron chi connectivity index (χ4n) is 1.06.